The summed E-state index contributed by atoms with van der Waals surface area (Å²) in [6.07, 6.45) is 5.50. The fourth-order valence-corrected chi connectivity index (χ4v) is 2.12. The molecular weight excluding hydrogens is 361 g/mol. The first-order valence-corrected chi connectivity index (χ1v) is 7.28. The Morgan fingerprint density at radius 2 is 1.90 bits per heavy atom. The van der Waals surface area contributed by atoms with Crippen molar-refractivity contribution in [2.24, 2.45) is 10.9 Å². The lowest BCUT2D eigenvalue weighted by molar-refractivity contribution is 0.644. The lowest BCUT2D eigenvalue weighted by atomic mass is 10.1. The number of benzene rings is 1. The quantitative estimate of drug-likeness (QED) is 0.340. The summed E-state index contributed by atoms with van der Waals surface area (Å²) < 4.78 is 0. The lowest BCUT2D eigenvalue weighted by Crippen LogP contribution is -2.37. The number of nitrogens with one attached hydrogen (secondary N) is 2. The number of hydrogen-bond acceptors (Lipinski definition) is 1. The van der Waals surface area contributed by atoms with Crippen LogP contribution in [0.1, 0.15) is 36.8 Å². The van der Waals surface area contributed by atoms with Gasteiger partial charge >= 0.3 is 0 Å². The molecule has 0 saturated heterocycles. The van der Waals surface area contributed by atoms with E-state index in [0.29, 0.717) is 0 Å². The van der Waals surface area contributed by atoms with Crippen molar-refractivity contribution in [3.63, 3.8) is 0 Å². The van der Waals surface area contributed by atoms with Crippen LogP contribution in [-0.4, -0.2) is 19.6 Å². The minimum atomic E-state index is 0. The van der Waals surface area contributed by atoms with Gasteiger partial charge in [0, 0.05) is 20.1 Å². The van der Waals surface area contributed by atoms with Crippen molar-refractivity contribution in [2.45, 2.75) is 39.2 Å². The Labute approximate surface area is 139 Å². The first-order valence-electron chi connectivity index (χ1n) is 7.28. The summed E-state index contributed by atoms with van der Waals surface area (Å²) in [5.74, 6) is 1.92. The average Bonchev–Trinajstić information content (AvgIpc) is 3.24. The molecule has 0 heterocycles. The van der Waals surface area contributed by atoms with Crippen LogP contribution in [0.2, 0.25) is 0 Å². The monoisotopic (exact) mass is 387 g/mol. The fraction of sp³-hybridized carbons (Fsp3) is 0.562. The molecule has 0 atom stereocenters. The van der Waals surface area contributed by atoms with Gasteiger partial charge in [-0.1, -0.05) is 42.7 Å². The maximum absolute atomic E-state index is 4.25. The van der Waals surface area contributed by atoms with Gasteiger partial charge in [-0.2, -0.15) is 0 Å². The van der Waals surface area contributed by atoms with Gasteiger partial charge in [0.2, 0.25) is 0 Å². The molecule has 1 aliphatic carbocycles. The first kappa shape index (κ1) is 17.3. The molecule has 0 unspecified atom stereocenters. The molecule has 2 rings (SSSR count). The Balaban J connectivity index is 0.00000200. The van der Waals surface area contributed by atoms with Crippen LogP contribution in [0.5, 0.6) is 0 Å². The Morgan fingerprint density at radius 1 is 1.20 bits per heavy atom. The Kier molecular flexibility index (Phi) is 7.95. The van der Waals surface area contributed by atoms with Gasteiger partial charge in [-0.05, 0) is 31.2 Å². The van der Waals surface area contributed by atoms with Crippen molar-refractivity contribution >= 4 is 29.9 Å². The molecule has 2 N–H and O–H groups in total. The van der Waals surface area contributed by atoms with E-state index in [2.05, 4.69) is 46.8 Å². The normalized spacial score (nSPS) is 14.6. The summed E-state index contributed by atoms with van der Waals surface area (Å²) in [7, 11) is 1.82. The molecule has 1 aromatic rings. The summed E-state index contributed by atoms with van der Waals surface area (Å²) in [6, 6.07) is 8.59. The molecule has 1 saturated carbocycles. The SMILES string of the molecule is CN=C(NCCCC1CC1)NCc1ccc(C)cc1.I. The van der Waals surface area contributed by atoms with Gasteiger partial charge in [0.25, 0.3) is 0 Å². The number of nitrogens with zero attached hydrogens (tertiary/aromatic N) is 1. The molecule has 0 aromatic heterocycles. The summed E-state index contributed by atoms with van der Waals surface area (Å²) in [4.78, 5) is 4.25. The number of halogens is 1. The highest BCUT2D eigenvalue weighted by Gasteiger charge is 2.19. The van der Waals surface area contributed by atoms with Crippen molar-refractivity contribution < 1.29 is 0 Å². The fourth-order valence-electron chi connectivity index (χ4n) is 2.12. The minimum Gasteiger partial charge on any atom is -0.356 e. The van der Waals surface area contributed by atoms with Crippen LogP contribution in [0.15, 0.2) is 29.3 Å². The van der Waals surface area contributed by atoms with Gasteiger partial charge in [-0.15, -0.1) is 24.0 Å². The Bertz CT molecular complexity index is 410. The van der Waals surface area contributed by atoms with Crippen LogP contribution in [0, 0.1) is 12.8 Å². The van der Waals surface area contributed by atoms with Gasteiger partial charge in [0.1, 0.15) is 0 Å². The second kappa shape index (κ2) is 9.21. The summed E-state index contributed by atoms with van der Waals surface area (Å²) in [5.41, 5.74) is 2.58. The first-order chi connectivity index (χ1) is 9.28. The second-order valence-electron chi connectivity index (χ2n) is 5.42. The smallest absolute Gasteiger partial charge is 0.191 e. The van der Waals surface area contributed by atoms with Crippen LogP contribution in [0.4, 0.5) is 0 Å². The Hall–Kier alpha value is -0.780. The van der Waals surface area contributed by atoms with E-state index in [1.807, 2.05) is 7.05 Å². The molecule has 20 heavy (non-hydrogen) atoms. The van der Waals surface area contributed by atoms with E-state index in [-0.39, 0.29) is 24.0 Å². The zero-order valence-corrected chi connectivity index (χ0v) is 14.8. The van der Waals surface area contributed by atoms with Gasteiger partial charge in [0.05, 0.1) is 0 Å². The number of aliphatic imine (C=N–C) groups is 1. The maximum Gasteiger partial charge on any atom is 0.191 e. The zero-order valence-electron chi connectivity index (χ0n) is 12.5. The third-order valence-electron chi connectivity index (χ3n) is 3.58. The predicted octanol–water partition coefficient (Wildman–Crippen LogP) is 3.47. The summed E-state index contributed by atoms with van der Waals surface area (Å²) in [6.45, 7) is 3.95. The average molecular weight is 387 g/mol. The standard InChI is InChI=1S/C16H25N3.HI/c1-13-5-7-15(8-6-13)12-19-16(17-2)18-11-3-4-14-9-10-14;/h5-8,14H,3-4,9-12H2,1-2H3,(H2,17,18,19);1H. The molecule has 1 fully saturated rings. The van der Waals surface area contributed by atoms with Gasteiger partial charge in [-0.3, -0.25) is 4.99 Å². The summed E-state index contributed by atoms with van der Waals surface area (Å²) >= 11 is 0. The lowest BCUT2D eigenvalue weighted by Gasteiger charge is -2.12. The molecule has 0 spiro atoms. The molecule has 1 aliphatic rings. The topological polar surface area (TPSA) is 36.4 Å². The van der Waals surface area contributed by atoms with Gasteiger partial charge in [0.15, 0.2) is 5.96 Å². The predicted molar refractivity (Wildman–Crippen MR) is 96.8 cm³/mol. The maximum atomic E-state index is 4.25. The highest BCUT2D eigenvalue weighted by Crippen LogP contribution is 2.33. The van der Waals surface area contributed by atoms with Gasteiger partial charge in [-0.25, -0.2) is 0 Å². The van der Waals surface area contributed by atoms with Crippen LogP contribution in [-0.2, 0) is 6.54 Å². The third-order valence-corrected chi connectivity index (χ3v) is 3.58. The van der Waals surface area contributed by atoms with E-state index < -0.39 is 0 Å². The molecule has 112 valence electrons. The van der Waals surface area contributed by atoms with E-state index >= 15 is 0 Å². The Morgan fingerprint density at radius 3 is 2.50 bits per heavy atom. The van der Waals surface area contributed by atoms with E-state index in [9.17, 15) is 0 Å². The van der Waals surface area contributed by atoms with Crippen molar-refractivity contribution in [1.82, 2.24) is 10.6 Å². The molecular formula is C16H26IN3. The molecule has 0 amide bonds. The second-order valence-corrected chi connectivity index (χ2v) is 5.42. The van der Waals surface area contributed by atoms with Crippen LogP contribution in [0.3, 0.4) is 0 Å². The van der Waals surface area contributed by atoms with Crippen LogP contribution >= 0.6 is 24.0 Å². The highest BCUT2D eigenvalue weighted by molar-refractivity contribution is 14.0. The van der Waals surface area contributed by atoms with E-state index in [4.69, 9.17) is 0 Å². The molecule has 4 heteroatoms. The van der Waals surface area contributed by atoms with Crippen molar-refractivity contribution in [1.29, 1.82) is 0 Å². The number of guanidine groups is 1. The summed E-state index contributed by atoms with van der Waals surface area (Å²) in [5, 5.41) is 6.72. The van der Waals surface area contributed by atoms with E-state index in [1.54, 1.807) is 0 Å². The van der Waals surface area contributed by atoms with Crippen molar-refractivity contribution in [3.8, 4) is 0 Å². The van der Waals surface area contributed by atoms with Crippen molar-refractivity contribution in [3.05, 3.63) is 35.4 Å². The molecule has 0 aliphatic heterocycles. The van der Waals surface area contributed by atoms with E-state index in [0.717, 1.165) is 25.0 Å². The van der Waals surface area contributed by atoms with Crippen LogP contribution in [0.25, 0.3) is 0 Å². The number of hydrogen-bond donors (Lipinski definition) is 2. The van der Waals surface area contributed by atoms with E-state index in [1.165, 1.54) is 36.8 Å². The molecule has 1 aromatic carbocycles. The van der Waals surface area contributed by atoms with Crippen LogP contribution < -0.4 is 10.6 Å². The van der Waals surface area contributed by atoms with Gasteiger partial charge < -0.3 is 10.6 Å². The number of rotatable bonds is 6. The zero-order chi connectivity index (χ0) is 13.5. The third kappa shape index (κ3) is 6.59. The highest BCUT2D eigenvalue weighted by atomic mass is 127. The van der Waals surface area contributed by atoms with Crippen molar-refractivity contribution in [2.75, 3.05) is 13.6 Å². The molecule has 0 bridgehead atoms. The largest absolute Gasteiger partial charge is 0.356 e. The molecule has 3 nitrogen and oxygen atoms in total. The number of aryl methyl sites for hydroxylation is 1. The minimum absolute atomic E-state index is 0. The molecule has 0 radical (unpaired) electrons.